The highest BCUT2D eigenvalue weighted by Gasteiger charge is 2.43. The lowest BCUT2D eigenvalue weighted by atomic mass is 9.79. The second kappa shape index (κ2) is 11.5. The van der Waals surface area contributed by atoms with Crippen LogP contribution in [0.4, 0.5) is 5.69 Å². The number of hydrogen-bond acceptors (Lipinski definition) is 10. The zero-order valence-electron chi connectivity index (χ0n) is 24.0. The second-order valence-corrected chi connectivity index (χ2v) is 12.1. The Kier molecular flexibility index (Phi) is 7.74. The third-order valence-electron chi connectivity index (χ3n) is 8.80. The van der Waals surface area contributed by atoms with Crippen molar-refractivity contribution in [3.05, 3.63) is 75.9 Å². The van der Waals surface area contributed by atoms with Crippen molar-refractivity contribution in [1.82, 2.24) is 14.9 Å². The van der Waals surface area contributed by atoms with Gasteiger partial charge in [0.15, 0.2) is 5.43 Å². The number of piperidine rings is 2. The fourth-order valence-corrected chi connectivity index (χ4v) is 6.42. The lowest BCUT2D eigenvalue weighted by Gasteiger charge is -2.41. The summed E-state index contributed by atoms with van der Waals surface area (Å²) in [6, 6.07) is 9.40. The van der Waals surface area contributed by atoms with Gasteiger partial charge in [0.05, 0.1) is 28.5 Å². The number of phenolic OH excluding ortho intramolecular Hbond substituents is 2. The van der Waals surface area contributed by atoms with Gasteiger partial charge in [-0.15, -0.1) is 0 Å². The van der Waals surface area contributed by atoms with E-state index >= 15 is 0 Å². The number of likely N-dealkylation sites (tertiary alicyclic amines) is 1. The number of hydrogen-bond donors (Lipinski definition) is 2. The van der Waals surface area contributed by atoms with Crippen LogP contribution >= 0.6 is 11.6 Å². The maximum Gasteiger partial charge on any atom is 0.312 e. The number of phenols is 2. The first-order valence-corrected chi connectivity index (χ1v) is 14.7. The van der Waals surface area contributed by atoms with E-state index in [1.807, 2.05) is 14.0 Å². The maximum atomic E-state index is 13.8. The lowest BCUT2D eigenvalue weighted by Crippen LogP contribution is -2.48. The fraction of sp³-hybridized carbons (Fsp3) is 0.375. The summed E-state index contributed by atoms with van der Waals surface area (Å²) in [7, 11) is 1.95. The van der Waals surface area contributed by atoms with Gasteiger partial charge in [-0.25, -0.2) is 9.97 Å². The van der Waals surface area contributed by atoms with Crippen LogP contribution in [0.15, 0.2) is 64.3 Å². The van der Waals surface area contributed by atoms with Gasteiger partial charge in [0.1, 0.15) is 40.7 Å². The van der Waals surface area contributed by atoms with Crippen LogP contribution in [0.5, 0.6) is 11.5 Å². The Labute approximate surface area is 253 Å². The van der Waals surface area contributed by atoms with Gasteiger partial charge in [-0.3, -0.25) is 9.59 Å². The van der Waals surface area contributed by atoms with E-state index < -0.39 is 22.9 Å². The third-order valence-corrected chi connectivity index (χ3v) is 9.13. The highest BCUT2D eigenvalue weighted by atomic mass is 35.5. The van der Waals surface area contributed by atoms with E-state index in [1.54, 1.807) is 36.7 Å². The number of rotatable bonds is 5. The second-order valence-electron chi connectivity index (χ2n) is 11.7. The van der Waals surface area contributed by atoms with Crippen molar-refractivity contribution in [3.63, 3.8) is 0 Å². The summed E-state index contributed by atoms with van der Waals surface area (Å²) >= 11 is 6.41. The summed E-state index contributed by atoms with van der Waals surface area (Å²) in [6.07, 6.45) is 6.11. The van der Waals surface area contributed by atoms with Crippen LogP contribution in [0, 0.1) is 5.41 Å². The first-order valence-electron chi connectivity index (χ1n) is 14.3. The molecule has 224 valence electrons. The van der Waals surface area contributed by atoms with Crippen molar-refractivity contribution in [3.8, 4) is 22.8 Å². The lowest BCUT2D eigenvalue weighted by molar-refractivity contribution is -0.165. The zero-order chi connectivity index (χ0) is 30.3. The molecule has 0 aliphatic carbocycles. The molecule has 0 unspecified atom stereocenters. The number of carbonyl (C=O) groups excluding carboxylic acids is 1. The summed E-state index contributed by atoms with van der Waals surface area (Å²) in [5, 5.41) is 22.2. The summed E-state index contributed by atoms with van der Waals surface area (Å²) in [5.74, 6) is -1.20. The quantitative estimate of drug-likeness (QED) is 0.302. The molecule has 0 saturated carbocycles. The Morgan fingerprint density at radius 1 is 1.09 bits per heavy atom. The smallest absolute Gasteiger partial charge is 0.312 e. The van der Waals surface area contributed by atoms with E-state index in [0.29, 0.717) is 61.6 Å². The number of halogens is 1. The SMILES string of the molecule is CN1CC[C@H](c2c(O)cc(O)c3c(=O)cc(-c4ccccc4Cl)oc23)[C@H](OC(=O)C2(C)CCN(c3cncnc3)CC2)C1. The molecule has 43 heavy (non-hydrogen) atoms. The van der Waals surface area contributed by atoms with Gasteiger partial charge in [-0.2, -0.15) is 0 Å². The van der Waals surface area contributed by atoms with Gasteiger partial charge in [0.25, 0.3) is 0 Å². The number of esters is 1. The molecule has 2 aliphatic rings. The molecule has 0 amide bonds. The van der Waals surface area contributed by atoms with Gasteiger partial charge >= 0.3 is 5.97 Å². The largest absolute Gasteiger partial charge is 0.507 e. The monoisotopic (exact) mass is 604 g/mol. The molecule has 2 aliphatic heterocycles. The number of benzene rings is 2. The Balaban J connectivity index is 1.33. The molecule has 2 fully saturated rings. The van der Waals surface area contributed by atoms with Crippen molar-refractivity contribution < 1.29 is 24.2 Å². The van der Waals surface area contributed by atoms with Gasteiger partial charge in [-0.05, 0) is 51.9 Å². The normalized spacial score (nSPS) is 20.7. The van der Waals surface area contributed by atoms with E-state index in [0.717, 1.165) is 11.8 Å². The molecule has 0 bridgehead atoms. The van der Waals surface area contributed by atoms with Gasteiger partial charge in [-0.1, -0.05) is 23.7 Å². The Morgan fingerprint density at radius 2 is 1.81 bits per heavy atom. The summed E-state index contributed by atoms with van der Waals surface area (Å²) < 4.78 is 12.5. The predicted molar refractivity (Wildman–Crippen MR) is 163 cm³/mol. The molecule has 2 aromatic carbocycles. The number of ether oxygens (including phenoxy) is 1. The molecule has 10 nitrogen and oxygen atoms in total. The molecule has 0 radical (unpaired) electrons. The molecule has 2 N–H and O–H groups in total. The summed E-state index contributed by atoms with van der Waals surface area (Å²) in [6.45, 7) is 4.34. The van der Waals surface area contributed by atoms with Crippen LogP contribution in [0.1, 0.15) is 37.7 Å². The number of likely N-dealkylation sites (N-methyl/N-ethyl adjacent to an activating group) is 1. The number of nitrogens with zero attached hydrogens (tertiary/aromatic N) is 4. The Morgan fingerprint density at radius 3 is 2.53 bits per heavy atom. The maximum absolute atomic E-state index is 13.8. The van der Waals surface area contributed by atoms with Gasteiger partial charge in [0, 0.05) is 48.8 Å². The van der Waals surface area contributed by atoms with E-state index in [-0.39, 0.29) is 34.2 Å². The molecule has 2 atom stereocenters. The molecule has 2 aromatic heterocycles. The number of anilines is 1. The minimum Gasteiger partial charge on any atom is -0.507 e. The first kappa shape index (κ1) is 28.9. The van der Waals surface area contributed by atoms with E-state index in [1.165, 1.54) is 12.4 Å². The minimum absolute atomic E-state index is 0.0446. The van der Waals surface area contributed by atoms with Gasteiger partial charge in [0.2, 0.25) is 0 Å². The molecular formula is C32H33ClN4O6. The van der Waals surface area contributed by atoms with Crippen LogP contribution in [0.2, 0.25) is 5.02 Å². The molecule has 2 saturated heterocycles. The molecule has 4 aromatic rings. The molecular weight excluding hydrogens is 572 g/mol. The van der Waals surface area contributed by atoms with Crippen LogP contribution in [-0.4, -0.2) is 70.4 Å². The topological polar surface area (TPSA) is 129 Å². The predicted octanol–water partition coefficient (Wildman–Crippen LogP) is 4.95. The minimum atomic E-state index is -0.699. The molecule has 6 rings (SSSR count). The Hall–Kier alpha value is -4.15. The van der Waals surface area contributed by atoms with Crippen molar-refractivity contribution in [2.24, 2.45) is 5.41 Å². The molecule has 11 heteroatoms. The third kappa shape index (κ3) is 5.52. The summed E-state index contributed by atoms with van der Waals surface area (Å²) in [4.78, 5) is 39.5. The van der Waals surface area contributed by atoms with Crippen LogP contribution in [0.25, 0.3) is 22.3 Å². The van der Waals surface area contributed by atoms with Crippen molar-refractivity contribution in [2.45, 2.75) is 38.2 Å². The highest BCUT2D eigenvalue weighted by molar-refractivity contribution is 6.33. The molecule has 0 spiro atoms. The molecule has 4 heterocycles. The number of fused-ring (bicyclic) bond motifs is 1. The Bertz CT molecular complexity index is 1720. The van der Waals surface area contributed by atoms with Crippen LogP contribution in [-0.2, 0) is 9.53 Å². The van der Waals surface area contributed by atoms with Gasteiger partial charge < -0.3 is 29.2 Å². The number of carbonyl (C=O) groups is 1. The van der Waals surface area contributed by atoms with E-state index in [4.69, 9.17) is 20.8 Å². The number of aromatic nitrogens is 2. The summed E-state index contributed by atoms with van der Waals surface area (Å²) in [5.41, 5.74) is 0.632. The highest BCUT2D eigenvalue weighted by Crippen LogP contribution is 2.44. The number of aromatic hydroxyl groups is 2. The average molecular weight is 605 g/mol. The van der Waals surface area contributed by atoms with Crippen molar-refractivity contribution in [1.29, 1.82) is 0 Å². The van der Waals surface area contributed by atoms with E-state index in [2.05, 4.69) is 19.8 Å². The average Bonchev–Trinajstić information content (AvgIpc) is 2.98. The first-order chi connectivity index (χ1) is 20.6. The van der Waals surface area contributed by atoms with Crippen LogP contribution < -0.4 is 10.3 Å². The van der Waals surface area contributed by atoms with Crippen LogP contribution in [0.3, 0.4) is 0 Å². The van der Waals surface area contributed by atoms with Crippen molar-refractivity contribution >= 4 is 34.2 Å². The van der Waals surface area contributed by atoms with E-state index in [9.17, 15) is 19.8 Å². The fourth-order valence-electron chi connectivity index (χ4n) is 6.19. The zero-order valence-corrected chi connectivity index (χ0v) is 24.8. The standard InChI is InChI=1S/C32H33ClN4O6/c1-32(8-11-37(12-9-32)19-15-34-18-35-16-19)31(41)43-27-17-36(2)10-7-21(27)28-23(38)13-24(39)29-25(40)14-26(42-30(28)29)20-5-3-4-6-22(20)33/h3-6,13-16,18,21,27,38-39H,7-12,17H2,1-2H3/t21-,27+/m0/s1. The van der Waals surface area contributed by atoms with Crippen molar-refractivity contribution in [2.75, 3.05) is 38.1 Å².